The van der Waals surface area contributed by atoms with Crippen LogP contribution in [-0.4, -0.2) is 22.8 Å². The summed E-state index contributed by atoms with van der Waals surface area (Å²) in [6.07, 6.45) is -0.916. The van der Waals surface area contributed by atoms with E-state index in [-0.39, 0.29) is 5.78 Å². The van der Waals surface area contributed by atoms with Crippen molar-refractivity contribution < 1.29 is 14.3 Å². The van der Waals surface area contributed by atoms with Gasteiger partial charge in [0.25, 0.3) is 0 Å². The molecule has 5 heteroatoms. The Balaban J connectivity index is 1.72. The molecule has 3 aromatic carbocycles. The number of ether oxygens (including phenoxy) is 1. The van der Waals surface area contributed by atoms with Gasteiger partial charge in [-0.3, -0.25) is 4.79 Å². The largest absolute Gasteiger partial charge is 0.451 e. The number of esters is 1. The Morgan fingerprint density at radius 3 is 2.30 bits per heavy atom. The first-order valence-corrected chi connectivity index (χ1v) is 11.5. The molecule has 0 fully saturated rings. The van der Waals surface area contributed by atoms with E-state index in [1.807, 2.05) is 56.3 Å². The van der Waals surface area contributed by atoms with Gasteiger partial charge in [0.15, 0.2) is 6.10 Å². The van der Waals surface area contributed by atoms with E-state index in [1.165, 1.54) is 5.56 Å². The zero-order valence-corrected chi connectivity index (χ0v) is 20.6. The smallest absolute Gasteiger partial charge is 0.339 e. The summed E-state index contributed by atoms with van der Waals surface area (Å²) in [5, 5.41) is 0.664. The summed E-state index contributed by atoms with van der Waals surface area (Å²) in [6, 6.07) is 20.7. The van der Waals surface area contributed by atoms with Crippen LogP contribution in [-0.2, 0) is 4.74 Å². The maximum Gasteiger partial charge on any atom is 0.339 e. The van der Waals surface area contributed by atoms with Crippen LogP contribution in [0.25, 0.3) is 22.2 Å². The number of aryl methyl sites for hydroxylation is 3. The molecule has 0 radical (unpaired) electrons. The van der Waals surface area contributed by atoms with Crippen molar-refractivity contribution in [1.82, 2.24) is 4.98 Å². The van der Waals surface area contributed by atoms with E-state index in [0.717, 1.165) is 21.2 Å². The van der Waals surface area contributed by atoms with Crippen molar-refractivity contribution >= 4 is 38.6 Å². The van der Waals surface area contributed by atoms with Gasteiger partial charge in [-0.2, -0.15) is 0 Å². The molecule has 4 nitrogen and oxygen atoms in total. The number of pyridine rings is 1. The fourth-order valence-corrected chi connectivity index (χ4v) is 4.01. The number of carbonyl (C=O) groups is 2. The lowest BCUT2D eigenvalue weighted by molar-refractivity contribution is 0.0320. The SMILES string of the molecule is Cc1ccc(C(=O)[C@@H](C)OC(=O)c2cc(-c3ccc(C)c(C)c3)nc3ccc(Br)cc23)cc1. The van der Waals surface area contributed by atoms with Gasteiger partial charge in [0, 0.05) is 21.0 Å². The number of halogens is 1. The fraction of sp³-hybridized carbons (Fsp3) is 0.179. The molecule has 0 aliphatic carbocycles. The minimum Gasteiger partial charge on any atom is -0.451 e. The van der Waals surface area contributed by atoms with Crippen LogP contribution >= 0.6 is 15.9 Å². The molecule has 0 saturated heterocycles. The number of carbonyl (C=O) groups excluding carboxylic acids is 2. The van der Waals surface area contributed by atoms with Gasteiger partial charge in [-0.25, -0.2) is 9.78 Å². The van der Waals surface area contributed by atoms with Crippen LogP contribution in [0.5, 0.6) is 0 Å². The Bertz CT molecular complexity index is 1380. The van der Waals surface area contributed by atoms with Crippen LogP contribution in [0.2, 0.25) is 0 Å². The van der Waals surface area contributed by atoms with Crippen LogP contribution < -0.4 is 0 Å². The van der Waals surface area contributed by atoms with Gasteiger partial charge in [-0.15, -0.1) is 0 Å². The number of fused-ring (bicyclic) bond motifs is 1. The van der Waals surface area contributed by atoms with Crippen LogP contribution in [0.1, 0.15) is 44.3 Å². The van der Waals surface area contributed by atoms with Crippen LogP contribution in [0.4, 0.5) is 0 Å². The van der Waals surface area contributed by atoms with Gasteiger partial charge in [0.2, 0.25) is 5.78 Å². The zero-order chi connectivity index (χ0) is 23.7. The number of aromatic nitrogens is 1. The second kappa shape index (κ2) is 9.28. The first-order chi connectivity index (χ1) is 15.7. The first kappa shape index (κ1) is 22.9. The number of rotatable bonds is 5. The molecule has 166 valence electrons. The number of nitrogens with zero attached hydrogens (tertiary/aromatic N) is 1. The van der Waals surface area contributed by atoms with Crippen molar-refractivity contribution in [2.24, 2.45) is 0 Å². The van der Waals surface area contributed by atoms with Gasteiger partial charge in [-0.05, 0) is 69.2 Å². The number of ketones is 1. The molecule has 0 bridgehead atoms. The lowest BCUT2D eigenvalue weighted by Gasteiger charge is -2.15. The normalized spacial score (nSPS) is 11.9. The molecule has 0 aliphatic heterocycles. The summed E-state index contributed by atoms with van der Waals surface area (Å²) in [7, 11) is 0. The third-order valence-electron chi connectivity index (χ3n) is 5.78. The Kier molecular flexibility index (Phi) is 6.43. The molecule has 0 amide bonds. The second-order valence-corrected chi connectivity index (χ2v) is 9.21. The van der Waals surface area contributed by atoms with E-state index in [4.69, 9.17) is 9.72 Å². The first-order valence-electron chi connectivity index (χ1n) is 10.7. The van der Waals surface area contributed by atoms with E-state index in [2.05, 4.69) is 28.9 Å². The van der Waals surface area contributed by atoms with Crippen LogP contribution in [0.15, 0.2) is 71.2 Å². The van der Waals surface area contributed by atoms with Crippen molar-refractivity contribution in [3.8, 4) is 11.3 Å². The molecule has 1 atom stereocenters. The molecule has 4 rings (SSSR count). The second-order valence-electron chi connectivity index (χ2n) is 8.29. The number of hydrogen-bond acceptors (Lipinski definition) is 4. The number of hydrogen-bond donors (Lipinski definition) is 0. The average molecular weight is 502 g/mol. The van der Waals surface area contributed by atoms with Gasteiger partial charge >= 0.3 is 5.97 Å². The third-order valence-corrected chi connectivity index (χ3v) is 6.28. The Morgan fingerprint density at radius 2 is 1.61 bits per heavy atom. The van der Waals surface area contributed by atoms with Crippen molar-refractivity contribution in [3.63, 3.8) is 0 Å². The standard InChI is InChI=1S/C28H24BrNO3/c1-16-5-8-20(9-6-16)27(31)19(4)33-28(32)24-15-26(21-10-7-17(2)18(3)13-21)30-25-12-11-22(29)14-23(24)25/h5-15,19H,1-4H3/t19-/m1/s1. The van der Waals surface area contributed by atoms with Gasteiger partial charge < -0.3 is 4.74 Å². The van der Waals surface area contributed by atoms with E-state index in [1.54, 1.807) is 25.1 Å². The summed E-state index contributed by atoms with van der Waals surface area (Å²) < 4.78 is 6.46. The molecular formula is C28H24BrNO3. The van der Waals surface area contributed by atoms with Gasteiger partial charge in [0.1, 0.15) is 0 Å². The number of benzene rings is 3. The summed E-state index contributed by atoms with van der Waals surface area (Å²) in [6.45, 7) is 7.66. The van der Waals surface area contributed by atoms with Crippen LogP contribution in [0, 0.1) is 20.8 Å². The highest BCUT2D eigenvalue weighted by Gasteiger charge is 2.23. The van der Waals surface area contributed by atoms with Crippen molar-refractivity contribution in [2.75, 3.05) is 0 Å². The highest BCUT2D eigenvalue weighted by molar-refractivity contribution is 9.10. The fourth-order valence-electron chi connectivity index (χ4n) is 3.65. The minimum atomic E-state index is -0.916. The lowest BCUT2D eigenvalue weighted by Crippen LogP contribution is -2.24. The summed E-state index contributed by atoms with van der Waals surface area (Å²) >= 11 is 3.47. The molecule has 0 spiro atoms. The predicted octanol–water partition coefficient (Wildman–Crippen LogP) is 7.02. The van der Waals surface area contributed by atoms with E-state index < -0.39 is 12.1 Å². The van der Waals surface area contributed by atoms with E-state index >= 15 is 0 Å². The Hall–Kier alpha value is -3.31. The highest BCUT2D eigenvalue weighted by atomic mass is 79.9. The van der Waals surface area contributed by atoms with Gasteiger partial charge in [0.05, 0.1) is 16.8 Å². The molecular weight excluding hydrogens is 478 g/mol. The molecule has 4 aromatic rings. The summed E-state index contributed by atoms with van der Waals surface area (Å²) in [5.74, 6) is -0.796. The molecule has 0 saturated carbocycles. The number of Topliss-reactive ketones (excluding diaryl/α,β-unsaturated/α-hetero) is 1. The topological polar surface area (TPSA) is 56.3 Å². The molecule has 0 aliphatic rings. The van der Waals surface area contributed by atoms with E-state index in [0.29, 0.717) is 27.7 Å². The Labute approximate surface area is 201 Å². The monoisotopic (exact) mass is 501 g/mol. The average Bonchev–Trinajstić information content (AvgIpc) is 2.80. The quantitative estimate of drug-likeness (QED) is 0.218. The van der Waals surface area contributed by atoms with Crippen LogP contribution in [0.3, 0.4) is 0 Å². The lowest BCUT2D eigenvalue weighted by atomic mass is 10.0. The summed E-state index contributed by atoms with van der Waals surface area (Å²) in [5.41, 5.74) is 6.55. The van der Waals surface area contributed by atoms with Crippen molar-refractivity contribution in [1.29, 1.82) is 0 Å². The van der Waals surface area contributed by atoms with Gasteiger partial charge in [-0.1, -0.05) is 57.9 Å². The molecule has 0 N–H and O–H groups in total. The maximum atomic E-state index is 13.3. The molecule has 1 aromatic heterocycles. The predicted molar refractivity (Wildman–Crippen MR) is 135 cm³/mol. The van der Waals surface area contributed by atoms with Crippen molar-refractivity contribution in [2.45, 2.75) is 33.8 Å². The molecule has 33 heavy (non-hydrogen) atoms. The Morgan fingerprint density at radius 1 is 0.879 bits per heavy atom. The maximum absolute atomic E-state index is 13.3. The highest BCUT2D eigenvalue weighted by Crippen LogP contribution is 2.29. The molecule has 0 unspecified atom stereocenters. The molecule has 1 heterocycles. The third kappa shape index (κ3) is 4.88. The van der Waals surface area contributed by atoms with E-state index in [9.17, 15) is 9.59 Å². The van der Waals surface area contributed by atoms with Crippen molar-refractivity contribution in [3.05, 3.63) is 99.0 Å². The zero-order valence-electron chi connectivity index (χ0n) is 19.0. The minimum absolute atomic E-state index is 0.239. The summed E-state index contributed by atoms with van der Waals surface area (Å²) in [4.78, 5) is 30.8.